The average Bonchev–Trinajstić information content (AvgIpc) is 2.49. The van der Waals surface area contributed by atoms with E-state index >= 15 is 0 Å². The van der Waals surface area contributed by atoms with E-state index in [0.29, 0.717) is 18.8 Å². The molecule has 2 unspecified atom stereocenters. The zero-order valence-corrected chi connectivity index (χ0v) is 12.4. The molecule has 0 saturated heterocycles. The van der Waals surface area contributed by atoms with Crippen molar-refractivity contribution >= 4 is 11.8 Å². The molecule has 4 nitrogen and oxygen atoms in total. The Morgan fingerprint density at radius 1 is 1.19 bits per heavy atom. The summed E-state index contributed by atoms with van der Waals surface area (Å²) in [5.74, 6) is -0.869. The molecule has 0 heterocycles. The summed E-state index contributed by atoms with van der Waals surface area (Å²) >= 11 is 0. The fraction of sp³-hybridized carbons (Fsp3) is 0.412. The van der Waals surface area contributed by atoms with Crippen LogP contribution in [-0.2, 0) is 19.1 Å². The lowest BCUT2D eigenvalue weighted by Crippen LogP contribution is -2.31. The predicted molar refractivity (Wildman–Crippen MR) is 78.6 cm³/mol. The molecule has 1 aromatic carbocycles. The van der Waals surface area contributed by atoms with Crippen LogP contribution in [0.2, 0.25) is 0 Å². The highest BCUT2D eigenvalue weighted by molar-refractivity contribution is 6.06. The Kier molecular flexibility index (Phi) is 5.14. The van der Waals surface area contributed by atoms with Gasteiger partial charge in [-0.25, -0.2) is 0 Å². The third-order valence-corrected chi connectivity index (χ3v) is 3.53. The Bertz CT molecular complexity index is 533. The summed E-state index contributed by atoms with van der Waals surface area (Å²) in [7, 11) is 0. The van der Waals surface area contributed by atoms with Gasteiger partial charge in [0.05, 0.1) is 13.2 Å². The van der Waals surface area contributed by atoms with E-state index in [-0.39, 0.29) is 18.3 Å². The summed E-state index contributed by atoms with van der Waals surface area (Å²) in [6, 6.07) is 9.78. The van der Waals surface area contributed by atoms with Gasteiger partial charge < -0.3 is 9.47 Å². The normalized spacial score (nSPS) is 21.6. The van der Waals surface area contributed by atoms with Crippen LogP contribution in [0.5, 0.6) is 0 Å². The fourth-order valence-corrected chi connectivity index (χ4v) is 2.56. The molecule has 0 radical (unpaired) electrons. The molecule has 2 atom stereocenters. The quantitative estimate of drug-likeness (QED) is 0.617. The zero-order chi connectivity index (χ0) is 15.2. The van der Waals surface area contributed by atoms with Gasteiger partial charge in [-0.15, -0.1) is 0 Å². The van der Waals surface area contributed by atoms with Crippen molar-refractivity contribution in [2.45, 2.75) is 26.2 Å². The van der Waals surface area contributed by atoms with Crippen molar-refractivity contribution in [1.29, 1.82) is 0 Å². The van der Waals surface area contributed by atoms with Crippen LogP contribution >= 0.6 is 0 Å². The fourth-order valence-electron chi connectivity index (χ4n) is 2.56. The van der Waals surface area contributed by atoms with Gasteiger partial charge in [0, 0.05) is 12.0 Å². The van der Waals surface area contributed by atoms with Crippen molar-refractivity contribution in [3.63, 3.8) is 0 Å². The molecule has 1 aromatic rings. The first kappa shape index (κ1) is 15.3. The van der Waals surface area contributed by atoms with Crippen molar-refractivity contribution in [2.24, 2.45) is 5.92 Å². The highest BCUT2D eigenvalue weighted by atomic mass is 16.5. The number of rotatable bonds is 5. The SMILES string of the molecule is CCOC(=O)C1CC(c2ccccc2)C(OCC)=CC1=O. The standard InChI is InChI=1S/C17H20O4/c1-3-20-16-11-15(18)14(17(19)21-4-2)10-13(16)12-8-6-5-7-9-12/h5-9,11,13-14H,3-4,10H2,1-2H3. The van der Waals surface area contributed by atoms with Crippen LogP contribution in [-0.4, -0.2) is 25.0 Å². The van der Waals surface area contributed by atoms with Crippen LogP contribution in [0.15, 0.2) is 42.2 Å². The van der Waals surface area contributed by atoms with E-state index in [4.69, 9.17) is 9.47 Å². The van der Waals surface area contributed by atoms with Crippen LogP contribution in [0.3, 0.4) is 0 Å². The summed E-state index contributed by atoms with van der Waals surface area (Å²) in [6.45, 7) is 4.39. The largest absolute Gasteiger partial charge is 0.497 e. The second-order valence-electron chi connectivity index (χ2n) is 4.89. The summed E-state index contributed by atoms with van der Waals surface area (Å²) in [4.78, 5) is 24.1. The summed E-state index contributed by atoms with van der Waals surface area (Å²) < 4.78 is 10.6. The van der Waals surface area contributed by atoms with Gasteiger partial charge in [-0.2, -0.15) is 0 Å². The average molecular weight is 288 g/mol. The van der Waals surface area contributed by atoms with Gasteiger partial charge in [0.2, 0.25) is 0 Å². The van der Waals surface area contributed by atoms with Crippen molar-refractivity contribution in [3.05, 3.63) is 47.7 Å². The maximum atomic E-state index is 12.1. The lowest BCUT2D eigenvalue weighted by molar-refractivity contribution is -0.151. The number of ketones is 1. The lowest BCUT2D eigenvalue weighted by Gasteiger charge is -2.28. The Labute approximate surface area is 124 Å². The topological polar surface area (TPSA) is 52.6 Å². The zero-order valence-electron chi connectivity index (χ0n) is 12.4. The molecule has 0 N–H and O–H groups in total. The molecule has 0 bridgehead atoms. The Morgan fingerprint density at radius 3 is 2.52 bits per heavy atom. The molecule has 0 saturated carbocycles. The molecule has 1 aliphatic carbocycles. The summed E-state index contributed by atoms with van der Waals surface area (Å²) in [5.41, 5.74) is 1.04. The molecule has 0 amide bonds. The van der Waals surface area contributed by atoms with Gasteiger partial charge >= 0.3 is 5.97 Å². The highest BCUT2D eigenvalue weighted by Crippen LogP contribution is 2.36. The van der Waals surface area contributed by atoms with E-state index in [1.54, 1.807) is 6.92 Å². The second kappa shape index (κ2) is 7.07. The van der Waals surface area contributed by atoms with Crippen LogP contribution in [0, 0.1) is 5.92 Å². The van der Waals surface area contributed by atoms with Gasteiger partial charge in [-0.1, -0.05) is 30.3 Å². The van der Waals surface area contributed by atoms with E-state index in [1.165, 1.54) is 6.08 Å². The van der Waals surface area contributed by atoms with E-state index in [0.717, 1.165) is 5.56 Å². The minimum atomic E-state index is -0.737. The van der Waals surface area contributed by atoms with Gasteiger partial charge in [-0.05, 0) is 25.8 Å². The van der Waals surface area contributed by atoms with Gasteiger partial charge in [0.15, 0.2) is 5.78 Å². The van der Waals surface area contributed by atoms with E-state index in [9.17, 15) is 9.59 Å². The molecule has 0 aromatic heterocycles. The molecule has 2 rings (SSSR count). The molecular weight excluding hydrogens is 268 g/mol. The molecule has 112 valence electrons. The van der Waals surface area contributed by atoms with E-state index in [1.807, 2.05) is 37.3 Å². The molecule has 0 aliphatic heterocycles. The maximum Gasteiger partial charge on any atom is 0.316 e. The number of hydrogen-bond donors (Lipinski definition) is 0. The molecule has 0 spiro atoms. The Morgan fingerprint density at radius 2 is 1.90 bits per heavy atom. The van der Waals surface area contributed by atoms with E-state index in [2.05, 4.69) is 0 Å². The number of benzene rings is 1. The number of carbonyl (C=O) groups excluding carboxylic acids is 2. The van der Waals surface area contributed by atoms with Crippen molar-refractivity contribution < 1.29 is 19.1 Å². The van der Waals surface area contributed by atoms with Gasteiger partial charge in [-0.3, -0.25) is 9.59 Å². The maximum absolute atomic E-state index is 12.1. The van der Waals surface area contributed by atoms with Gasteiger partial charge in [0.1, 0.15) is 11.7 Å². The van der Waals surface area contributed by atoms with Crippen molar-refractivity contribution in [2.75, 3.05) is 13.2 Å². The minimum Gasteiger partial charge on any atom is -0.497 e. The summed E-state index contributed by atoms with van der Waals surface area (Å²) in [6.07, 6.45) is 1.85. The van der Waals surface area contributed by atoms with Gasteiger partial charge in [0.25, 0.3) is 0 Å². The number of esters is 1. The van der Waals surface area contributed by atoms with Crippen LogP contribution in [0.25, 0.3) is 0 Å². The molecule has 21 heavy (non-hydrogen) atoms. The van der Waals surface area contributed by atoms with Crippen LogP contribution in [0.1, 0.15) is 31.7 Å². The molecule has 4 heteroatoms. The number of hydrogen-bond acceptors (Lipinski definition) is 4. The smallest absolute Gasteiger partial charge is 0.316 e. The number of carbonyl (C=O) groups is 2. The van der Waals surface area contributed by atoms with Crippen LogP contribution in [0.4, 0.5) is 0 Å². The molecule has 1 aliphatic rings. The van der Waals surface area contributed by atoms with Crippen molar-refractivity contribution in [3.8, 4) is 0 Å². The predicted octanol–water partition coefficient (Wildman–Crippen LogP) is 2.84. The monoisotopic (exact) mass is 288 g/mol. The minimum absolute atomic E-state index is 0.0849. The van der Waals surface area contributed by atoms with Crippen molar-refractivity contribution in [1.82, 2.24) is 0 Å². The first-order valence-electron chi connectivity index (χ1n) is 7.27. The van der Waals surface area contributed by atoms with Crippen LogP contribution < -0.4 is 0 Å². The molecular formula is C17H20O4. The number of allylic oxidation sites excluding steroid dienone is 2. The Balaban J connectivity index is 2.30. The highest BCUT2D eigenvalue weighted by Gasteiger charge is 2.37. The number of ether oxygens (including phenoxy) is 2. The molecule has 0 fully saturated rings. The lowest BCUT2D eigenvalue weighted by atomic mass is 9.80. The Hall–Kier alpha value is -2.10. The first-order valence-corrected chi connectivity index (χ1v) is 7.27. The van der Waals surface area contributed by atoms with E-state index < -0.39 is 11.9 Å². The first-order chi connectivity index (χ1) is 10.2. The summed E-state index contributed by atoms with van der Waals surface area (Å²) in [5, 5.41) is 0. The second-order valence-corrected chi connectivity index (χ2v) is 4.89. The third kappa shape index (κ3) is 3.51. The third-order valence-electron chi connectivity index (χ3n) is 3.53.